The second-order valence-electron chi connectivity index (χ2n) is 7.18. The summed E-state index contributed by atoms with van der Waals surface area (Å²) < 4.78 is 5.34. The van der Waals surface area contributed by atoms with Crippen LogP contribution in [0, 0.1) is 0 Å². The van der Waals surface area contributed by atoms with Crippen molar-refractivity contribution in [3.63, 3.8) is 0 Å². The second kappa shape index (κ2) is 9.53. The molecule has 0 bridgehead atoms. The molecular formula is C20H29ClN4OS. The first-order chi connectivity index (χ1) is 12.8. The number of benzene rings is 1. The number of methoxy groups -OCH3 is 1. The third kappa shape index (κ3) is 5.67. The first kappa shape index (κ1) is 21.7. The first-order valence-electron chi connectivity index (χ1n) is 8.92. The summed E-state index contributed by atoms with van der Waals surface area (Å²) >= 11 is 8.00. The molecule has 0 saturated heterocycles. The van der Waals surface area contributed by atoms with Gasteiger partial charge >= 0.3 is 0 Å². The van der Waals surface area contributed by atoms with Gasteiger partial charge in [0.25, 0.3) is 0 Å². The van der Waals surface area contributed by atoms with Crippen molar-refractivity contribution in [1.82, 2.24) is 15.2 Å². The van der Waals surface area contributed by atoms with Crippen LogP contribution in [0.2, 0.25) is 5.02 Å². The van der Waals surface area contributed by atoms with Crippen LogP contribution in [0.15, 0.2) is 34.6 Å². The van der Waals surface area contributed by atoms with Crippen molar-refractivity contribution in [1.29, 1.82) is 0 Å². The van der Waals surface area contributed by atoms with E-state index < -0.39 is 0 Å². The molecule has 0 saturated carbocycles. The molecule has 1 heterocycles. The molecule has 0 amide bonds. The number of aliphatic imine (C=N–C) groups is 1. The summed E-state index contributed by atoms with van der Waals surface area (Å²) in [5.41, 5.74) is 2.00. The van der Waals surface area contributed by atoms with Crippen molar-refractivity contribution in [2.24, 2.45) is 4.99 Å². The van der Waals surface area contributed by atoms with Crippen LogP contribution in [-0.4, -0.2) is 43.6 Å². The standard InChI is InChI=1S/C20H29ClN4OS/c1-14(26-6)18-24-15(12-27-18)11-25(5)19(22-4)23-13-20(2,3)16-9-7-8-10-17(16)21/h7-10,12,14H,11,13H2,1-6H3,(H,22,23). The molecule has 0 spiro atoms. The van der Waals surface area contributed by atoms with E-state index in [-0.39, 0.29) is 11.5 Å². The van der Waals surface area contributed by atoms with Crippen LogP contribution < -0.4 is 5.32 Å². The Kier molecular flexibility index (Phi) is 7.65. The number of aromatic nitrogens is 1. The molecule has 0 aliphatic heterocycles. The summed E-state index contributed by atoms with van der Waals surface area (Å²) in [6.45, 7) is 7.75. The fourth-order valence-electron chi connectivity index (χ4n) is 2.79. The highest BCUT2D eigenvalue weighted by molar-refractivity contribution is 7.09. The van der Waals surface area contributed by atoms with E-state index in [4.69, 9.17) is 16.3 Å². The highest BCUT2D eigenvalue weighted by Crippen LogP contribution is 2.29. The number of guanidine groups is 1. The van der Waals surface area contributed by atoms with E-state index in [0.29, 0.717) is 6.54 Å². The van der Waals surface area contributed by atoms with Gasteiger partial charge in [-0.3, -0.25) is 4.99 Å². The van der Waals surface area contributed by atoms with E-state index in [1.165, 1.54) is 0 Å². The van der Waals surface area contributed by atoms with Crippen molar-refractivity contribution in [3.05, 3.63) is 50.9 Å². The van der Waals surface area contributed by atoms with Gasteiger partial charge in [-0.2, -0.15) is 0 Å². The topological polar surface area (TPSA) is 49.8 Å². The largest absolute Gasteiger partial charge is 0.375 e. The lowest BCUT2D eigenvalue weighted by atomic mass is 9.84. The van der Waals surface area contributed by atoms with E-state index in [2.05, 4.69) is 45.5 Å². The summed E-state index contributed by atoms with van der Waals surface area (Å²) in [6.07, 6.45) is 0.0166. The quantitative estimate of drug-likeness (QED) is 0.541. The van der Waals surface area contributed by atoms with Crippen LogP contribution in [0.3, 0.4) is 0 Å². The van der Waals surface area contributed by atoms with Gasteiger partial charge in [0, 0.05) is 43.6 Å². The number of halogens is 1. The SMILES string of the molecule is CN=C(NCC(C)(C)c1ccccc1Cl)N(C)Cc1csc(C(C)OC)n1. The van der Waals surface area contributed by atoms with E-state index in [1.54, 1.807) is 25.5 Å². The molecular weight excluding hydrogens is 380 g/mol. The molecule has 0 aliphatic rings. The van der Waals surface area contributed by atoms with E-state index in [9.17, 15) is 0 Å². The lowest BCUT2D eigenvalue weighted by Crippen LogP contribution is -2.44. The molecule has 1 aromatic carbocycles. The van der Waals surface area contributed by atoms with Crippen molar-refractivity contribution in [2.45, 2.75) is 38.8 Å². The van der Waals surface area contributed by atoms with Gasteiger partial charge in [0.1, 0.15) is 11.1 Å². The van der Waals surface area contributed by atoms with E-state index in [1.807, 2.05) is 32.2 Å². The van der Waals surface area contributed by atoms with Crippen molar-refractivity contribution in [2.75, 3.05) is 27.7 Å². The number of hydrogen-bond donors (Lipinski definition) is 1. The van der Waals surface area contributed by atoms with Crippen LogP contribution in [0.5, 0.6) is 0 Å². The molecule has 5 nitrogen and oxygen atoms in total. The zero-order chi connectivity index (χ0) is 20.0. The number of ether oxygens (including phenoxy) is 1. The normalized spacial score (nSPS) is 13.5. The van der Waals surface area contributed by atoms with Gasteiger partial charge in [-0.1, -0.05) is 43.6 Å². The summed E-state index contributed by atoms with van der Waals surface area (Å²) in [4.78, 5) is 11.1. The van der Waals surface area contributed by atoms with Gasteiger partial charge in [0.15, 0.2) is 5.96 Å². The smallest absolute Gasteiger partial charge is 0.193 e. The number of nitrogens with zero attached hydrogens (tertiary/aromatic N) is 3. The molecule has 1 N–H and O–H groups in total. The maximum Gasteiger partial charge on any atom is 0.193 e. The molecule has 2 rings (SSSR count). The predicted octanol–water partition coefficient (Wildman–Crippen LogP) is 4.49. The highest BCUT2D eigenvalue weighted by atomic mass is 35.5. The molecule has 2 aromatic rings. The molecule has 0 radical (unpaired) electrons. The Bertz CT molecular complexity index is 775. The van der Waals surface area contributed by atoms with Gasteiger partial charge in [0.05, 0.1) is 12.2 Å². The Morgan fingerprint density at radius 3 is 2.74 bits per heavy atom. The number of hydrogen-bond acceptors (Lipinski definition) is 4. The molecule has 7 heteroatoms. The summed E-state index contributed by atoms with van der Waals surface area (Å²) in [5, 5.41) is 7.31. The molecule has 148 valence electrons. The molecule has 1 atom stereocenters. The number of thiazole rings is 1. The highest BCUT2D eigenvalue weighted by Gasteiger charge is 2.24. The fraction of sp³-hybridized carbons (Fsp3) is 0.500. The zero-order valence-electron chi connectivity index (χ0n) is 16.9. The van der Waals surface area contributed by atoms with Crippen molar-refractivity contribution in [3.8, 4) is 0 Å². The third-order valence-electron chi connectivity index (χ3n) is 4.53. The Hall–Kier alpha value is -1.63. The Labute approximate surface area is 171 Å². The summed E-state index contributed by atoms with van der Waals surface area (Å²) in [7, 11) is 5.50. The number of rotatable bonds is 7. The Morgan fingerprint density at radius 2 is 2.11 bits per heavy atom. The first-order valence-corrected chi connectivity index (χ1v) is 10.2. The van der Waals surface area contributed by atoms with Gasteiger partial charge in [0.2, 0.25) is 0 Å². The van der Waals surface area contributed by atoms with Crippen molar-refractivity contribution >= 4 is 28.9 Å². The summed E-state index contributed by atoms with van der Waals surface area (Å²) in [5.74, 6) is 0.824. The van der Waals surface area contributed by atoms with Gasteiger partial charge < -0.3 is 15.0 Å². The maximum atomic E-state index is 6.38. The van der Waals surface area contributed by atoms with Gasteiger partial charge in [-0.05, 0) is 18.6 Å². The monoisotopic (exact) mass is 408 g/mol. The zero-order valence-corrected chi connectivity index (χ0v) is 18.5. The fourth-order valence-corrected chi connectivity index (χ4v) is 4.02. The van der Waals surface area contributed by atoms with Gasteiger partial charge in [-0.25, -0.2) is 4.98 Å². The van der Waals surface area contributed by atoms with Crippen LogP contribution >= 0.6 is 22.9 Å². The van der Waals surface area contributed by atoms with Gasteiger partial charge in [-0.15, -0.1) is 11.3 Å². The number of nitrogens with one attached hydrogen (secondary N) is 1. The van der Waals surface area contributed by atoms with E-state index in [0.717, 1.165) is 33.8 Å². The minimum absolute atomic E-state index is 0.0166. The van der Waals surface area contributed by atoms with Crippen LogP contribution in [0.4, 0.5) is 0 Å². The molecule has 1 unspecified atom stereocenters. The van der Waals surface area contributed by atoms with Crippen LogP contribution in [0.1, 0.15) is 43.1 Å². The Morgan fingerprint density at radius 1 is 1.41 bits per heavy atom. The lowest BCUT2D eigenvalue weighted by molar-refractivity contribution is 0.119. The average Bonchev–Trinajstić information content (AvgIpc) is 3.10. The minimum atomic E-state index is -0.128. The molecule has 27 heavy (non-hydrogen) atoms. The van der Waals surface area contributed by atoms with Crippen LogP contribution in [0.25, 0.3) is 0 Å². The van der Waals surface area contributed by atoms with E-state index >= 15 is 0 Å². The third-order valence-corrected chi connectivity index (χ3v) is 5.92. The molecule has 0 aliphatic carbocycles. The van der Waals surface area contributed by atoms with Crippen LogP contribution in [-0.2, 0) is 16.7 Å². The second-order valence-corrected chi connectivity index (χ2v) is 8.47. The summed E-state index contributed by atoms with van der Waals surface area (Å²) in [6, 6.07) is 7.98. The average molecular weight is 409 g/mol. The molecule has 0 fully saturated rings. The Balaban J connectivity index is 2.00. The predicted molar refractivity (Wildman–Crippen MR) is 115 cm³/mol. The molecule has 1 aromatic heterocycles. The maximum absolute atomic E-state index is 6.38. The minimum Gasteiger partial charge on any atom is -0.375 e. The van der Waals surface area contributed by atoms with Crippen molar-refractivity contribution < 1.29 is 4.74 Å². The lowest BCUT2D eigenvalue weighted by Gasteiger charge is -2.29.